The van der Waals surface area contributed by atoms with Crippen LogP contribution in [0.1, 0.15) is 28.4 Å². The van der Waals surface area contributed by atoms with Crippen LogP contribution in [0.3, 0.4) is 0 Å². The predicted octanol–water partition coefficient (Wildman–Crippen LogP) is 3.94. The molecule has 202 valence electrons. The van der Waals surface area contributed by atoms with Gasteiger partial charge in [-0.1, -0.05) is 42.5 Å². The average molecular weight is 544 g/mol. The fraction of sp³-hybridized carbons (Fsp3) is 0.300. The van der Waals surface area contributed by atoms with Gasteiger partial charge in [0.15, 0.2) is 0 Å². The SMILES string of the molecule is COc1ccc2nc(-c3cccc(C(=O)N4CCN(C(C(=O)NCCCN)c5ccccc5)CC4)c3)sc2c1. The molecule has 8 nitrogen and oxygen atoms in total. The zero-order valence-electron chi connectivity index (χ0n) is 22.0. The molecule has 0 saturated carbocycles. The maximum absolute atomic E-state index is 13.5. The predicted molar refractivity (Wildman–Crippen MR) is 155 cm³/mol. The van der Waals surface area contributed by atoms with Gasteiger partial charge in [-0.15, -0.1) is 11.3 Å². The van der Waals surface area contributed by atoms with Crippen LogP contribution in [0.25, 0.3) is 20.8 Å². The molecule has 39 heavy (non-hydrogen) atoms. The lowest BCUT2D eigenvalue weighted by molar-refractivity contribution is -0.127. The van der Waals surface area contributed by atoms with Crippen LogP contribution in [0.15, 0.2) is 72.8 Å². The average Bonchev–Trinajstić information content (AvgIpc) is 3.42. The number of carbonyl (C=O) groups is 2. The molecule has 1 saturated heterocycles. The highest BCUT2D eigenvalue weighted by atomic mass is 32.1. The first kappa shape index (κ1) is 26.8. The van der Waals surface area contributed by atoms with Crippen molar-refractivity contribution in [3.05, 3.63) is 83.9 Å². The van der Waals surface area contributed by atoms with Gasteiger partial charge in [-0.3, -0.25) is 14.5 Å². The highest BCUT2D eigenvalue weighted by molar-refractivity contribution is 7.21. The van der Waals surface area contributed by atoms with Crippen molar-refractivity contribution in [3.8, 4) is 16.3 Å². The molecule has 3 N–H and O–H groups in total. The number of carbonyl (C=O) groups excluding carboxylic acids is 2. The van der Waals surface area contributed by atoms with Crippen LogP contribution in [-0.4, -0.2) is 73.0 Å². The fourth-order valence-corrected chi connectivity index (χ4v) is 5.87. The molecule has 2 amide bonds. The molecule has 1 fully saturated rings. The fourth-order valence-electron chi connectivity index (χ4n) is 4.88. The summed E-state index contributed by atoms with van der Waals surface area (Å²) in [5.74, 6) is 0.752. The van der Waals surface area contributed by atoms with Crippen LogP contribution < -0.4 is 15.8 Å². The van der Waals surface area contributed by atoms with Crippen molar-refractivity contribution in [2.75, 3.05) is 46.4 Å². The molecule has 1 aromatic heterocycles. The maximum Gasteiger partial charge on any atom is 0.253 e. The summed E-state index contributed by atoms with van der Waals surface area (Å²) in [6.45, 7) is 3.39. The molecule has 0 spiro atoms. The highest BCUT2D eigenvalue weighted by Crippen LogP contribution is 2.33. The topological polar surface area (TPSA) is 101 Å². The number of hydrogen-bond acceptors (Lipinski definition) is 7. The summed E-state index contributed by atoms with van der Waals surface area (Å²) in [5.41, 5.74) is 9.01. The summed E-state index contributed by atoms with van der Waals surface area (Å²) in [6.07, 6.45) is 0.736. The third-order valence-electron chi connectivity index (χ3n) is 6.96. The number of methoxy groups -OCH3 is 1. The van der Waals surface area contributed by atoms with Crippen LogP contribution in [0.2, 0.25) is 0 Å². The molecule has 0 radical (unpaired) electrons. The van der Waals surface area contributed by atoms with Crippen LogP contribution in [-0.2, 0) is 4.79 Å². The Balaban J connectivity index is 1.28. The van der Waals surface area contributed by atoms with Crippen molar-refractivity contribution < 1.29 is 14.3 Å². The lowest BCUT2D eigenvalue weighted by Crippen LogP contribution is -2.52. The van der Waals surface area contributed by atoms with Gasteiger partial charge in [0.1, 0.15) is 16.8 Å². The minimum absolute atomic E-state index is 0.0112. The number of amides is 2. The quantitative estimate of drug-likeness (QED) is 0.310. The molecule has 1 atom stereocenters. The molecule has 2 heterocycles. The van der Waals surface area contributed by atoms with E-state index < -0.39 is 6.04 Å². The Kier molecular flexibility index (Phi) is 8.51. The lowest BCUT2D eigenvalue weighted by atomic mass is 10.0. The minimum Gasteiger partial charge on any atom is -0.497 e. The van der Waals surface area contributed by atoms with Crippen LogP contribution in [0.5, 0.6) is 5.75 Å². The Morgan fingerprint density at radius 1 is 1.03 bits per heavy atom. The molecular weight excluding hydrogens is 510 g/mol. The van der Waals surface area contributed by atoms with Crippen molar-refractivity contribution in [2.45, 2.75) is 12.5 Å². The number of nitrogens with one attached hydrogen (secondary N) is 1. The third kappa shape index (κ3) is 6.11. The number of nitrogens with two attached hydrogens (primary N) is 1. The molecule has 3 aromatic carbocycles. The van der Waals surface area contributed by atoms with Gasteiger partial charge in [-0.25, -0.2) is 4.98 Å². The monoisotopic (exact) mass is 543 g/mol. The van der Waals surface area contributed by atoms with E-state index in [1.807, 2.05) is 77.7 Å². The van der Waals surface area contributed by atoms with Crippen molar-refractivity contribution in [1.82, 2.24) is 20.1 Å². The number of thiazole rings is 1. The van der Waals surface area contributed by atoms with Gasteiger partial charge in [0.2, 0.25) is 5.91 Å². The normalized spacial score (nSPS) is 14.8. The van der Waals surface area contributed by atoms with E-state index >= 15 is 0 Å². The molecule has 4 aromatic rings. The van der Waals surface area contributed by atoms with Gasteiger partial charge in [-0.05, 0) is 48.9 Å². The zero-order chi connectivity index (χ0) is 27.2. The summed E-state index contributed by atoms with van der Waals surface area (Å²) in [6, 6.07) is 22.9. The molecule has 5 rings (SSSR count). The zero-order valence-corrected chi connectivity index (χ0v) is 22.8. The number of aromatic nitrogens is 1. The molecule has 1 aliphatic rings. The lowest BCUT2D eigenvalue weighted by Gasteiger charge is -2.39. The second kappa shape index (κ2) is 12.4. The summed E-state index contributed by atoms with van der Waals surface area (Å²) in [5, 5.41) is 3.89. The van der Waals surface area contributed by atoms with E-state index in [9.17, 15) is 9.59 Å². The highest BCUT2D eigenvalue weighted by Gasteiger charge is 2.31. The Morgan fingerprint density at radius 2 is 1.82 bits per heavy atom. The Labute approximate surface area is 232 Å². The summed E-state index contributed by atoms with van der Waals surface area (Å²) < 4.78 is 6.37. The van der Waals surface area contributed by atoms with Crippen molar-refractivity contribution >= 4 is 33.4 Å². The van der Waals surface area contributed by atoms with E-state index in [4.69, 9.17) is 15.5 Å². The first-order valence-electron chi connectivity index (χ1n) is 13.2. The van der Waals surface area contributed by atoms with Crippen molar-refractivity contribution in [2.24, 2.45) is 5.73 Å². The number of benzene rings is 3. The molecular formula is C30H33N5O3S. The minimum atomic E-state index is -0.401. The van der Waals surface area contributed by atoms with E-state index in [2.05, 4.69) is 10.2 Å². The summed E-state index contributed by atoms with van der Waals surface area (Å²) in [4.78, 5) is 35.4. The van der Waals surface area contributed by atoms with E-state index in [1.54, 1.807) is 18.4 Å². The van der Waals surface area contributed by atoms with Gasteiger partial charge in [0, 0.05) is 43.9 Å². The number of hydrogen-bond donors (Lipinski definition) is 2. The Morgan fingerprint density at radius 3 is 2.56 bits per heavy atom. The van der Waals surface area contributed by atoms with Crippen molar-refractivity contribution in [3.63, 3.8) is 0 Å². The standard InChI is InChI=1S/C30H33N5O3S/c1-38-24-11-12-25-26(20-24)39-29(33-25)22-9-5-10-23(19-22)30(37)35-17-15-34(16-18-35)27(21-7-3-2-4-8-21)28(36)32-14-6-13-31/h2-5,7-12,19-20,27H,6,13-18,31H2,1H3,(H,32,36). The molecule has 1 aliphatic heterocycles. The van der Waals surface area contributed by atoms with Gasteiger partial charge in [0.05, 0.1) is 17.3 Å². The summed E-state index contributed by atoms with van der Waals surface area (Å²) in [7, 11) is 1.65. The number of fused-ring (bicyclic) bond motifs is 1. The van der Waals surface area contributed by atoms with E-state index in [0.29, 0.717) is 44.8 Å². The Bertz CT molecular complexity index is 1430. The molecule has 9 heteroatoms. The van der Waals surface area contributed by atoms with E-state index in [0.717, 1.165) is 38.5 Å². The van der Waals surface area contributed by atoms with Gasteiger partial charge in [-0.2, -0.15) is 0 Å². The maximum atomic E-state index is 13.5. The van der Waals surface area contributed by atoms with E-state index in [-0.39, 0.29) is 11.8 Å². The first-order valence-corrected chi connectivity index (χ1v) is 14.0. The smallest absolute Gasteiger partial charge is 0.253 e. The second-order valence-electron chi connectivity index (χ2n) is 9.51. The second-order valence-corrected chi connectivity index (χ2v) is 10.5. The Hall–Kier alpha value is -3.79. The number of nitrogens with zero attached hydrogens (tertiary/aromatic N) is 3. The number of rotatable bonds is 9. The first-order chi connectivity index (χ1) is 19.1. The van der Waals surface area contributed by atoms with Crippen LogP contribution in [0.4, 0.5) is 0 Å². The third-order valence-corrected chi connectivity index (χ3v) is 8.03. The summed E-state index contributed by atoms with van der Waals surface area (Å²) >= 11 is 1.58. The van der Waals surface area contributed by atoms with Crippen molar-refractivity contribution in [1.29, 1.82) is 0 Å². The largest absolute Gasteiger partial charge is 0.497 e. The van der Waals surface area contributed by atoms with Gasteiger partial charge < -0.3 is 20.7 Å². The molecule has 0 bridgehead atoms. The van der Waals surface area contributed by atoms with Gasteiger partial charge in [0.25, 0.3) is 5.91 Å². The van der Waals surface area contributed by atoms with E-state index in [1.165, 1.54) is 0 Å². The molecule has 1 unspecified atom stereocenters. The number of ether oxygens (including phenoxy) is 1. The van der Waals surface area contributed by atoms with Crippen LogP contribution >= 0.6 is 11.3 Å². The number of piperazine rings is 1. The van der Waals surface area contributed by atoms with Crippen LogP contribution in [0, 0.1) is 0 Å². The molecule has 0 aliphatic carbocycles. The van der Waals surface area contributed by atoms with Gasteiger partial charge >= 0.3 is 0 Å².